The minimum Gasteiger partial charge on any atom is -0.437 e. The summed E-state index contributed by atoms with van der Waals surface area (Å²) in [6, 6.07) is 64.4. The van der Waals surface area contributed by atoms with Crippen LogP contribution in [0.5, 0.6) is 0 Å². The highest BCUT2D eigenvalue weighted by molar-refractivity contribution is 6.28. The summed E-state index contributed by atoms with van der Waals surface area (Å²) in [6.45, 7) is 0. The van der Waals surface area contributed by atoms with Gasteiger partial charge in [-0.1, -0.05) is 164 Å². The molecule has 4 heterocycles. The summed E-state index contributed by atoms with van der Waals surface area (Å²) in [7, 11) is 0. The van der Waals surface area contributed by atoms with Gasteiger partial charge in [-0.3, -0.25) is 4.57 Å². The monoisotopic (exact) mass is 717 g/mol. The standard InChI is InChI=1S/C50H31N5O/c1-5-15-33(16-6-1)45-46-43(39-23-13-14-24-41(39)51-45)44-40-30-29-37(31-42(40)55(50(44)56-46)38-21-11-4-12-22-38)32-25-27-36(28-26-32)49-53-47(34-17-7-2-8-18-34)52-48(54-49)35-19-9-3-10-20-35/h1-31H. The lowest BCUT2D eigenvalue weighted by Crippen LogP contribution is -2.00. The molecule has 0 spiro atoms. The Labute approximate surface area is 322 Å². The number of nitrogens with zero attached hydrogens (tertiary/aromatic N) is 5. The first kappa shape index (κ1) is 31.8. The Morgan fingerprint density at radius 2 is 0.875 bits per heavy atom. The van der Waals surface area contributed by atoms with Gasteiger partial charge < -0.3 is 4.42 Å². The second-order valence-electron chi connectivity index (χ2n) is 13.8. The number of hydrogen-bond acceptors (Lipinski definition) is 5. The number of aromatic nitrogens is 5. The van der Waals surface area contributed by atoms with Crippen LogP contribution in [0.4, 0.5) is 0 Å². The minimum atomic E-state index is 0.626. The fraction of sp³-hybridized carbons (Fsp3) is 0. The zero-order valence-electron chi connectivity index (χ0n) is 30.0. The van der Waals surface area contributed by atoms with Crippen molar-refractivity contribution in [3.8, 4) is 62.2 Å². The number of benzene rings is 7. The summed E-state index contributed by atoms with van der Waals surface area (Å²) < 4.78 is 9.23. The molecule has 0 fully saturated rings. The first-order chi connectivity index (χ1) is 27.8. The Morgan fingerprint density at radius 3 is 1.50 bits per heavy atom. The molecule has 0 N–H and O–H groups in total. The average molecular weight is 718 g/mol. The summed E-state index contributed by atoms with van der Waals surface area (Å²) in [6.07, 6.45) is 0. The lowest BCUT2D eigenvalue weighted by molar-refractivity contribution is 0.645. The smallest absolute Gasteiger partial charge is 0.213 e. The van der Waals surface area contributed by atoms with Crippen LogP contribution in [0.25, 0.3) is 106 Å². The lowest BCUT2D eigenvalue weighted by Gasteiger charge is -2.10. The van der Waals surface area contributed by atoms with Gasteiger partial charge in [0.25, 0.3) is 0 Å². The number of hydrogen-bond donors (Lipinski definition) is 0. The summed E-state index contributed by atoms with van der Waals surface area (Å²) in [5.74, 6) is 1.91. The maximum Gasteiger partial charge on any atom is 0.213 e. The molecule has 11 rings (SSSR count). The normalized spacial score (nSPS) is 11.6. The first-order valence-corrected chi connectivity index (χ1v) is 18.6. The Morgan fingerprint density at radius 1 is 0.375 bits per heavy atom. The summed E-state index contributed by atoms with van der Waals surface area (Å²) in [4.78, 5) is 19.9. The summed E-state index contributed by atoms with van der Waals surface area (Å²) >= 11 is 0. The van der Waals surface area contributed by atoms with E-state index in [1.807, 2.05) is 91.0 Å². The van der Waals surface area contributed by atoms with Crippen molar-refractivity contribution in [1.82, 2.24) is 24.5 Å². The molecule has 0 amide bonds. The van der Waals surface area contributed by atoms with Gasteiger partial charge in [0.1, 0.15) is 5.69 Å². The Kier molecular flexibility index (Phi) is 7.38. The largest absolute Gasteiger partial charge is 0.437 e. The summed E-state index contributed by atoms with van der Waals surface area (Å²) in [5.41, 5.74) is 11.4. The van der Waals surface area contributed by atoms with Crippen molar-refractivity contribution in [2.75, 3.05) is 0 Å². The number of fused-ring (bicyclic) bond motifs is 7. The zero-order valence-corrected chi connectivity index (χ0v) is 30.0. The second kappa shape index (κ2) is 13.0. The molecule has 56 heavy (non-hydrogen) atoms. The van der Waals surface area contributed by atoms with E-state index < -0.39 is 0 Å². The van der Waals surface area contributed by atoms with E-state index in [0.29, 0.717) is 17.5 Å². The van der Waals surface area contributed by atoms with Crippen molar-refractivity contribution in [3.05, 3.63) is 188 Å². The van der Waals surface area contributed by atoms with E-state index in [4.69, 9.17) is 24.4 Å². The van der Waals surface area contributed by atoms with Crippen molar-refractivity contribution >= 4 is 43.9 Å². The van der Waals surface area contributed by atoms with Gasteiger partial charge in [0.15, 0.2) is 23.1 Å². The van der Waals surface area contributed by atoms with Crippen LogP contribution in [-0.4, -0.2) is 24.5 Å². The predicted molar refractivity (Wildman–Crippen MR) is 226 cm³/mol. The second-order valence-corrected chi connectivity index (χ2v) is 13.8. The Hall–Kier alpha value is -7.70. The first-order valence-electron chi connectivity index (χ1n) is 18.6. The van der Waals surface area contributed by atoms with Gasteiger partial charge in [-0.15, -0.1) is 0 Å². The SMILES string of the molecule is c1ccc(-c2nc(-c3ccccc3)nc(-c3ccc(-c4ccc5c6c7c(oc6n(-c6ccccc6)c5c4)c(-c4ccccc4)nc4ccccc47)cc3)n2)cc1. The fourth-order valence-electron chi connectivity index (χ4n) is 7.80. The highest BCUT2D eigenvalue weighted by Gasteiger charge is 2.24. The maximum absolute atomic E-state index is 6.99. The van der Waals surface area contributed by atoms with Crippen molar-refractivity contribution in [1.29, 1.82) is 0 Å². The maximum atomic E-state index is 6.99. The third-order valence-electron chi connectivity index (χ3n) is 10.5. The third kappa shape index (κ3) is 5.27. The van der Waals surface area contributed by atoms with Gasteiger partial charge >= 0.3 is 0 Å². The van der Waals surface area contributed by atoms with E-state index in [2.05, 4.69) is 102 Å². The molecule has 0 atom stereocenters. The molecule has 7 aromatic carbocycles. The summed E-state index contributed by atoms with van der Waals surface area (Å²) in [5, 5.41) is 4.33. The molecule has 0 radical (unpaired) electrons. The Bertz CT molecular complexity index is 3150. The molecule has 11 aromatic rings. The quantitative estimate of drug-likeness (QED) is 0.171. The van der Waals surface area contributed by atoms with E-state index >= 15 is 0 Å². The molecule has 0 saturated heterocycles. The van der Waals surface area contributed by atoms with Crippen molar-refractivity contribution in [2.45, 2.75) is 0 Å². The van der Waals surface area contributed by atoms with Gasteiger partial charge in [-0.25, -0.2) is 19.9 Å². The molecule has 0 saturated carbocycles. The minimum absolute atomic E-state index is 0.626. The van der Waals surface area contributed by atoms with Gasteiger partial charge in [-0.2, -0.15) is 0 Å². The molecular formula is C50H31N5O. The molecule has 0 aliphatic heterocycles. The number of para-hydroxylation sites is 2. The molecule has 0 aliphatic rings. The number of pyridine rings is 1. The van der Waals surface area contributed by atoms with Crippen molar-refractivity contribution < 1.29 is 4.42 Å². The average Bonchev–Trinajstić information content (AvgIpc) is 3.82. The molecule has 6 heteroatoms. The third-order valence-corrected chi connectivity index (χ3v) is 10.5. The van der Waals surface area contributed by atoms with Gasteiger partial charge in [0, 0.05) is 44.1 Å². The van der Waals surface area contributed by atoms with Crippen LogP contribution in [0.3, 0.4) is 0 Å². The number of rotatable bonds is 6. The topological polar surface area (TPSA) is 69.6 Å². The predicted octanol–water partition coefficient (Wildman–Crippen LogP) is 12.6. The fourth-order valence-corrected chi connectivity index (χ4v) is 7.80. The van der Waals surface area contributed by atoms with Crippen molar-refractivity contribution in [3.63, 3.8) is 0 Å². The van der Waals surface area contributed by atoms with Crippen LogP contribution >= 0.6 is 0 Å². The van der Waals surface area contributed by atoms with Gasteiger partial charge in [0.05, 0.1) is 16.4 Å². The van der Waals surface area contributed by atoms with Crippen LogP contribution in [0, 0.1) is 0 Å². The van der Waals surface area contributed by atoms with E-state index in [1.54, 1.807) is 0 Å². The van der Waals surface area contributed by atoms with Crippen LogP contribution in [-0.2, 0) is 0 Å². The van der Waals surface area contributed by atoms with Crippen LogP contribution in [0.15, 0.2) is 192 Å². The van der Waals surface area contributed by atoms with Crippen LogP contribution in [0.2, 0.25) is 0 Å². The van der Waals surface area contributed by atoms with Crippen LogP contribution in [0.1, 0.15) is 0 Å². The highest BCUT2D eigenvalue weighted by atomic mass is 16.3. The number of furan rings is 1. The lowest BCUT2D eigenvalue weighted by atomic mass is 10.00. The molecule has 0 unspecified atom stereocenters. The van der Waals surface area contributed by atoms with E-state index in [1.165, 1.54) is 0 Å². The molecule has 4 aromatic heterocycles. The van der Waals surface area contributed by atoms with Crippen LogP contribution < -0.4 is 0 Å². The van der Waals surface area contributed by atoms with E-state index in [-0.39, 0.29) is 0 Å². The van der Waals surface area contributed by atoms with Gasteiger partial charge in [-0.05, 0) is 35.4 Å². The Balaban J connectivity index is 1.08. The van der Waals surface area contributed by atoms with E-state index in [9.17, 15) is 0 Å². The molecular weight excluding hydrogens is 687 g/mol. The van der Waals surface area contributed by atoms with E-state index in [0.717, 1.165) is 88.6 Å². The van der Waals surface area contributed by atoms with Crippen molar-refractivity contribution in [2.24, 2.45) is 0 Å². The molecule has 262 valence electrons. The zero-order chi connectivity index (χ0) is 37.0. The highest BCUT2D eigenvalue weighted by Crippen LogP contribution is 2.45. The molecule has 6 nitrogen and oxygen atoms in total. The molecule has 0 bridgehead atoms. The van der Waals surface area contributed by atoms with Gasteiger partial charge in [0.2, 0.25) is 5.71 Å². The molecule has 0 aliphatic carbocycles.